The number of ether oxygens (including phenoxy) is 1. The summed E-state index contributed by atoms with van der Waals surface area (Å²) in [6.07, 6.45) is 1.59. The van der Waals surface area contributed by atoms with Crippen LogP contribution in [0.1, 0.15) is 24.2 Å². The fourth-order valence-electron chi connectivity index (χ4n) is 2.05. The van der Waals surface area contributed by atoms with Crippen LogP contribution in [0.25, 0.3) is 0 Å². The van der Waals surface area contributed by atoms with Crippen molar-refractivity contribution in [3.8, 4) is 5.75 Å². The minimum Gasteiger partial charge on any atom is -0.493 e. The van der Waals surface area contributed by atoms with Crippen LogP contribution in [-0.2, 0) is 6.54 Å². The van der Waals surface area contributed by atoms with Gasteiger partial charge in [0.15, 0.2) is 5.75 Å². The van der Waals surface area contributed by atoms with E-state index in [4.69, 9.17) is 10.5 Å². The number of nitrogens with two attached hydrogens (primary N) is 1. The van der Waals surface area contributed by atoms with Gasteiger partial charge in [0, 0.05) is 16.6 Å². The zero-order valence-corrected chi connectivity index (χ0v) is 12.3. The van der Waals surface area contributed by atoms with Crippen molar-refractivity contribution in [2.75, 3.05) is 7.11 Å². The Kier molecular flexibility index (Phi) is 4.21. The van der Waals surface area contributed by atoms with Crippen molar-refractivity contribution < 1.29 is 9.13 Å². The van der Waals surface area contributed by atoms with E-state index >= 15 is 0 Å². The predicted octanol–water partition coefficient (Wildman–Crippen LogP) is 2.86. The number of halogens is 2. The van der Waals surface area contributed by atoms with E-state index in [1.54, 1.807) is 30.1 Å². The number of methoxy groups -OCH3 is 1. The van der Waals surface area contributed by atoms with Gasteiger partial charge in [-0.05, 0) is 19.1 Å². The third-order valence-electron chi connectivity index (χ3n) is 2.97. The SMILES string of the molecule is CCn1ncc(OC)c1C(N)c1c(F)cccc1Br. The Morgan fingerprint density at radius 2 is 2.26 bits per heavy atom. The zero-order chi connectivity index (χ0) is 14.0. The summed E-state index contributed by atoms with van der Waals surface area (Å²) in [5, 5.41) is 4.19. The molecule has 0 spiro atoms. The number of nitrogens with zero attached hydrogens (tertiary/aromatic N) is 2. The molecular formula is C13H15BrFN3O. The van der Waals surface area contributed by atoms with Crippen LogP contribution in [0.15, 0.2) is 28.9 Å². The van der Waals surface area contributed by atoms with E-state index in [-0.39, 0.29) is 5.82 Å². The van der Waals surface area contributed by atoms with Gasteiger partial charge in [0.25, 0.3) is 0 Å². The first kappa shape index (κ1) is 14.0. The Morgan fingerprint density at radius 3 is 2.84 bits per heavy atom. The van der Waals surface area contributed by atoms with E-state index in [0.717, 1.165) is 0 Å². The molecule has 0 fully saturated rings. The Labute approximate surface area is 119 Å². The van der Waals surface area contributed by atoms with Crippen molar-refractivity contribution in [1.29, 1.82) is 0 Å². The van der Waals surface area contributed by atoms with E-state index in [9.17, 15) is 4.39 Å². The summed E-state index contributed by atoms with van der Waals surface area (Å²) in [7, 11) is 1.55. The fourth-order valence-corrected chi connectivity index (χ4v) is 2.63. The normalized spacial score (nSPS) is 12.5. The fraction of sp³-hybridized carbons (Fsp3) is 0.308. The monoisotopic (exact) mass is 327 g/mol. The van der Waals surface area contributed by atoms with Crippen LogP contribution >= 0.6 is 15.9 Å². The molecule has 1 unspecified atom stereocenters. The second kappa shape index (κ2) is 5.71. The van der Waals surface area contributed by atoms with E-state index in [1.165, 1.54) is 6.07 Å². The van der Waals surface area contributed by atoms with Crippen LogP contribution in [-0.4, -0.2) is 16.9 Å². The van der Waals surface area contributed by atoms with Gasteiger partial charge in [-0.3, -0.25) is 4.68 Å². The van der Waals surface area contributed by atoms with E-state index in [2.05, 4.69) is 21.0 Å². The summed E-state index contributed by atoms with van der Waals surface area (Å²) < 4.78 is 21.6. The highest BCUT2D eigenvalue weighted by molar-refractivity contribution is 9.10. The average molecular weight is 328 g/mol. The first-order chi connectivity index (χ1) is 9.10. The molecule has 0 bridgehead atoms. The van der Waals surface area contributed by atoms with Crippen LogP contribution in [0.3, 0.4) is 0 Å². The first-order valence-corrected chi connectivity index (χ1v) is 6.68. The third kappa shape index (κ3) is 2.50. The first-order valence-electron chi connectivity index (χ1n) is 5.89. The maximum atomic E-state index is 14.0. The Morgan fingerprint density at radius 1 is 1.53 bits per heavy atom. The Hall–Kier alpha value is -1.40. The summed E-state index contributed by atoms with van der Waals surface area (Å²) in [5.41, 5.74) is 7.27. The molecule has 4 nitrogen and oxygen atoms in total. The molecule has 2 rings (SSSR count). The molecule has 0 aliphatic heterocycles. The second-order valence-corrected chi connectivity index (χ2v) is 4.88. The molecule has 2 aromatic rings. The lowest BCUT2D eigenvalue weighted by atomic mass is 10.0. The van der Waals surface area contributed by atoms with E-state index in [0.29, 0.717) is 28.0 Å². The number of aromatic nitrogens is 2. The van der Waals surface area contributed by atoms with Crippen LogP contribution in [0.2, 0.25) is 0 Å². The highest BCUT2D eigenvalue weighted by atomic mass is 79.9. The molecule has 102 valence electrons. The van der Waals surface area contributed by atoms with Gasteiger partial charge in [-0.15, -0.1) is 0 Å². The molecular weight excluding hydrogens is 313 g/mol. The minimum absolute atomic E-state index is 0.354. The number of aryl methyl sites for hydroxylation is 1. The van der Waals surface area contributed by atoms with Crippen LogP contribution in [0, 0.1) is 5.82 Å². The van der Waals surface area contributed by atoms with Crippen molar-refractivity contribution in [3.63, 3.8) is 0 Å². The molecule has 2 N–H and O–H groups in total. The number of benzene rings is 1. The largest absolute Gasteiger partial charge is 0.493 e. The molecule has 1 aromatic carbocycles. The molecule has 0 aliphatic rings. The molecule has 0 saturated carbocycles. The third-order valence-corrected chi connectivity index (χ3v) is 3.66. The van der Waals surface area contributed by atoms with Gasteiger partial charge in [-0.1, -0.05) is 22.0 Å². The summed E-state index contributed by atoms with van der Waals surface area (Å²) >= 11 is 3.34. The molecule has 1 atom stereocenters. The second-order valence-electron chi connectivity index (χ2n) is 4.03. The molecule has 0 amide bonds. The lowest BCUT2D eigenvalue weighted by Gasteiger charge is -2.17. The van der Waals surface area contributed by atoms with E-state index in [1.807, 2.05) is 6.92 Å². The van der Waals surface area contributed by atoms with Gasteiger partial charge in [0.2, 0.25) is 0 Å². The molecule has 1 heterocycles. The van der Waals surface area contributed by atoms with Gasteiger partial charge in [-0.2, -0.15) is 5.10 Å². The van der Waals surface area contributed by atoms with Crippen molar-refractivity contribution in [3.05, 3.63) is 45.9 Å². The molecule has 0 radical (unpaired) electrons. The molecule has 6 heteroatoms. The molecule has 19 heavy (non-hydrogen) atoms. The summed E-state index contributed by atoms with van der Waals surface area (Å²) in [5.74, 6) is 0.206. The van der Waals surface area contributed by atoms with Crippen LogP contribution in [0.5, 0.6) is 5.75 Å². The van der Waals surface area contributed by atoms with Gasteiger partial charge in [-0.25, -0.2) is 4.39 Å². The minimum atomic E-state index is -0.645. The van der Waals surface area contributed by atoms with Gasteiger partial charge in [0.05, 0.1) is 19.3 Å². The van der Waals surface area contributed by atoms with Gasteiger partial charge < -0.3 is 10.5 Å². The molecule has 1 aromatic heterocycles. The number of rotatable bonds is 4. The van der Waals surface area contributed by atoms with E-state index < -0.39 is 6.04 Å². The Bertz CT molecular complexity index is 544. The maximum absolute atomic E-state index is 14.0. The van der Waals surface area contributed by atoms with Gasteiger partial charge in [0.1, 0.15) is 11.5 Å². The summed E-state index contributed by atoms with van der Waals surface area (Å²) in [6.45, 7) is 2.58. The summed E-state index contributed by atoms with van der Waals surface area (Å²) in [4.78, 5) is 0. The highest BCUT2D eigenvalue weighted by Crippen LogP contribution is 2.33. The average Bonchev–Trinajstić information content (AvgIpc) is 2.81. The topological polar surface area (TPSA) is 53.1 Å². The van der Waals surface area contributed by atoms with Crippen molar-refractivity contribution >= 4 is 15.9 Å². The van der Waals surface area contributed by atoms with Gasteiger partial charge >= 0.3 is 0 Å². The molecule has 0 aliphatic carbocycles. The molecule has 0 saturated heterocycles. The zero-order valence-electron chi connectivity index (χ0n) is 10.7. The van der Waals surface area contributed by atoms with Crippen molar-refractivity contribution in [2.24, 2.45) is 5.73 Å². The van der Waals surface area contributed by atoms with Crippen molar-refractivity contribution in [2.45, 2.75) is 19.5 Å². The quantitative estimate of drug-likeness (QED) is 0.939. The standard InChI is InChI=1S/C13H15BrFN3O/c1-3-18-13(10(19-2)7-17-18)12(16)11-8(14)5-4-6-9(11)15/h4-7,12H,3,16H2,1-2H3. The lowest BCUT2D eigenvalue weighted by Crippen LogP contribution is -2.19. The van der Waals surface area contributed by atoms with Crippen LogP contribution < -0.4 is 10.5 Å². The van der Waals surface area contributed by atoms with Crippen molar-refractivity contribution in [1.82, 2.24) is 9.78 Å². The predicted molar refractivity (Wildman–Crippen MR) is 74.6 cm³/mol. The maximum Gasteiger partial charge on any atom is 0.161 e. The summed E-state index contributed by atoms with van der Waals surface area (Å²) in [6, 6.07) is 4.13. The smallest absolute Gasteiger partial charge is 0.161 e. The van der Waals surface area contributed by atoms with Crippen LogP contribution in [0.4, 0.5) is 4.39 Å². The number of hydrogen-bond donors (Lipinski definition) is 1. The number of hydrogen-bond acceptors (Lipinski definition) is 3. The highest BCUT2D eigenvalue weighted by Gasteiger charge is 2.24. The Balaban J connectivity index is 2.55. The lowest BCUT2D eigenvalue weighted by molar-refractivity contribution is 0.404.